The monoisotopic (exact) mass is 238 g/mol. The number of fused-ring (bicyclic) bond motifs is 2. The number of hydrogen-bond donors (Lipinski definition) is 1. The molecule has 1 saturated heterocycles. The second kappa shape index (κ2) is 3.28. The molecule has 0 aromatic carbocycles. The van der Waals surface area contributed by atoms with Gasteiger partial charge in [0.25, 0.3) is 5.91 Å². The summed E-state index contributed by atoms with van der Waals surface area (Å²) in [5.41, 5.74) is 0.817. The summed E-state index contributed by atoms with van der Waals surface area (Å²) in [4.78, 5) is 16.1. The van der Waals surface area contributed by atoms with Crippen LogP contribution in [0.4, 0.5) is 0 Å². The summed E-state index contributed by atoms with van der Waals surface area (Å²) >= 11 is 6.93. The number of carbonyl (C=O) groups is 1. The lowest BCUT2D eigenvalue weighted by molar-refractivity contribution is 0.0917. The Kier molecular flexibility index (Phi) is 2.03. The van der Waals surface area contributed by atoms with Crippen LogP contribution >= 0.6 is 23.6 Å². The number of carbonyl (C=O) groups excluding carboxylic acids is 1. The maximum atomic E-state index is 11.8. The van der Waals surface area contributed by atoms with Gasteiger partial charge in [-0.1, -0.05) is 12.2 Å². The van der Waals surface area contributed by atoms with Crippen LogP contribution in [-0.4, -0.2) is 22.0 Å². The van der Waals surface area contributed by atoms with E-state index >= 15 is 0 Å². The van der Waals surface area contributed by atoms with Gasteiger partial charge in [-0.05, 0) is 17.9 Å². The zero-order chi connectivity index (χ0) is 10.4. The van der Waals surface area contributed by atoms with E-state index in [1.807, 2.05) is 11.4 Å². The number of hydrogen-bond acceptors (Lipinski definition) is 3. The van der Waals surface area contributed by atoms with Crippen molar-refractivity contribution in [2.75, 3.05) is 0 Å². The van der Waals surface area contributed by atoms with Crippen molar-refractivity contribution < 1.29 is 4.79 Å². The van der Waals surface area contributed by atoms with E-state index in [-0.39, 0.29) is 12.1 Å². The van der Waals surface area contributed by atoms with Gasteiger partial charge in [0, 0.05) is 11.3 Å². The third kappa shape index (κ3) is 1.38. The van der Waals surface area contributed by atoms with E-state index in [0.717, 1.165) is 34.8 Å². The van der Waals surface area contributed by atoms with Gasteiger partial charge in [-0.3, -0.25) is 4.79 Å². The van der Waals surface area contributed by atoms with Gasteiger partial charge in [-0.25, -0.2) is 0 Å². The molecular formula is C10H10N2OS2. The third-order valence-corrected chi connectivity index (χ3v) is 4.27. The maximum absolute atomic E-state index is 11.8. The smallest absolute Gasteiger partial charge is 0.254 e. The molecule has 1 unspecified atom stereocenters. The Morgan fingerprint density at radius 1 is 1.60 bits per heavy atom. The van der Waals surface area contributed by atoms with E-state index < -0.39 is 0 Å². The fourth-order valence-corrected chi connectivity index (χ4v) is 3.31. The number of nitrogens with zero attached hydrogens (tertiary/aromatic N) is 1. The summed E-state index contributed by atoms with van der Waals surface area (Å²) in [6, 6.07) is 1.89. The van der Waals surface area contributed by atoms with E-state index in [1.54, 1.807) is 11.3 Å². The lowest BCUT2D eigenvalue weighted by Gasteiger charge is -2.23. The standard InChI is InChI=1S/C10H10N2OS2/c13-10-6-3-4-15-7(6)5-12-8(11-10)1-2-9(12)14/h3-4,8H,1-2,5H2,(H,11,13). The van der Waals surface area contributed by atoms with Crippen molar-refractivity contribution in [1.82, 2.24) is 10.2 Å². The van der Waals surface area contributed by atoms with Crippen LogP contribution in [0, 0.1) is 0 Å². The van der Waals surface area contributed by atoms with Crippen molar-refractivity contribution in [1.29, 1.82) is 0 Å². The second-order valence-corrected chi connectivity index (χ2v) is 5.28. The normalized spacial score (nSPS) is 24.5. The number of thiophene rings is 1. The lowest BCUT2D eigenvalue weighted by Crippen LogP contribution is -2.42. The van der Waals surface area contributed by atoms with Crippen LogP contribution in [0.25, 0.3) is 0 Å². The maximum Gasteiger partial charge on any atom is 0.254 e. The highest BCUT2D eigenvalue weighted by Crippen LogP contribution is 2.28. The minimum absolute atomic E-state index is 0.0449. The summed E-state index contributed by atoms with van der Waals surface area (Å²) in [6.07, 6.45) is 1.98. The summed E-state index contributed by atoms with van der Waals surface area (Å²) in [5, 5.41) is 4.98. The van der Waals surface area contributed by atoms with Gasteiger partial charge in [0.2, 0.25) is 0 Å². The first-order chi connectivity index (χ1) is 7.25. The van der Waals surface area contributed by atoms with Gasteiger partial charge in [-0.2, -0.15) is 0 Å². The van der Waals surface area contributed by atoms with Crippen LogP contribution in [0.3, 0.4) is 0 Å². The Balaban J connectivity index is 2.02. The molecule has 1 amide bonds. The predicted molar refractivity (Wildman–Crippen MR) is 62.9 cm³/mol. The fourth-order valence-electron chi connectivity index (χ4n) is 2.13. The zero-order valence-corrected chi connectivity index (χ0v) is 9.66. The minimum Gasteiger partial charge on any atom is -0.341 e. The van der Waals surface area contributed by atoms with Gasteiger partial charge in [0.1, 0.15) is 6.17 Å². The molecule has 1 fully saturated rings. The van der Waals surface area contributed by atoms with Crippen molar-refractivity contribution in [3.63, 3.8) is 0 Å². The van der Waals surface area contributed by atoms with Crippen LogP contribution in [-0.2, 0) is 6.54 Å². The van der Waals surface area contributed by atoms with Crippen LogP contribution in [0.2, 0.25) is 0 Å². The lowest BCUT2D eigenvalue weighted by atomic mass is 10.2. The Bertz CT molecular complexity index is 440. The van der Waals surface area contributed by atoms with Gasteiger partial charge in [-0.15, -0.1) is 11.3 Å². The van der Waals surface area contributed by atoms with E-state index in [9.17, 15) is 4.79 Å². The Hall–Kier alpha value is -0.940. The van der Waals surface area contributed by atoms with Gasteiger partial charge >= 0.3 is 0 Å². The highest BCUT2D eigenvalue weighted by Gasteiger charge is 2.33. The molecule has 5 heteroatoms. The molecule has 1 N–H and O–H groups in total. The molecule has 3 heterocycles. The zero-order valence-electron chi connectivity index (χ0n) is 8.03. The van der Waals surface area contributed by atoms with Crippen LogP contribution in [0.1, 0.15) is 28.1 Å². The predicted octanol–water partition coefficient (Wildman–Crippen LogP) is 1.74. The number of amides is 1. The van der Waals surface area contributed by atoms with Crippen molar-refractivity contribution >= 4 is 34.5 Å². The molecule has 3 rings (SSSR count). The van der Waals surface area contributed by atoms with Crippen LogP contribution in [0.15, 0.2) is 11.4 Å². The quantitative estimate of drug-likeness (QED) is 0.699. The topological polar surface area (TPSA) is 32.3 Å². The summed E-state index contributed by atoms with van der Waals surface area (Å²) < 4.78 is 0. The van der Waals surface area contributed by atoms with E-state index in [0.29, 0.717) is 0 Å². The van der Waals surface area contributed by atoms with Crippen molar-refractivity contribution in [3.05, 3.63) is 21.9 Å². The molecule has 2 aliphatic rings. The minimum atomic E-state index is 0.0449. The van der Waals surface area contributed by atoms with Crippen LogP contribution < -0.4 is 5.32 Å². The van der Waals surface area contributed by atoms with E-state index in [2.05, 4.69) is 10.2 Å². The molecule has 0 saturated carbocycles. The molecule has 1 aromatic rings. The highest BCUT2D eigenvalue weighted by atomic mass is 32.1. The first-order valence-electron chi connectivity index (χ1n) is 4.92. The fraction of sp³-hybridized carbons (Fsp3) is 0.400. The van der Waals surface area contributed by atoms with Crippen molar-refractivity contribution in [2.24, 2.45) is 0 Å². The molecule has 78 valence electrons. The summed E-state index contributed by atoms with van der Waals surface area (Å²) in [6.45, 7) is 0.787. The number of rotatable bonds is 0. The number of thiocarbonyl (C=S) groups is 1. The third-order valence-electron chi connectivity index (χ3n) is 2.93. The molecule has 0 spiro atoms. The SMILES string of the molecule is O=C1NC2CCC(=S)N2Cc2sccc21. The van der Waals surface area contributed by atoms with E-state index in [1.165, 1.54) is 0 Å². The molecule has 0 bridgehead atoms. The molecular weight excluding hydrogens is 228 g/mol. The summed E-state index contributed by atoms with van der Waals surface area (Å²) in [5.74, 6) is 0.0449. The molecule has 1 atom stereocenters. The number of nitrogens with one attached hydrogen (secondary N) is 1. The first kappa shape index (κ1) is 9.30. The average molecular weight is 238 g/mol. The highest BCUT2D eigenvalue weighted by molar-refractivity contribution is 7.80. The molecule has 1 aromatic heterocycles. The average Bonchev–Trinajstić information content (AvgIpc) is 2.76. The summed E-state index contributed by atoms with van der Waals surface area (Å²) in [7, 11) is 0. The Morgan fingerprint density at radius 3 is 3.33 bits per heavy atom. The largest absolute Gasteiger partial charge is 0.341 e. The van der Waals surface area contributed by atoms with Crippen LogP contribution in [0.5, 0.6) is 0 Å². The van der Waals surface area contributed by atoms with Gasteiger partial charge in [0.15, 0.2) is 0 Å². The molecule has 0 radical (unpaired) electrons. The second-order valence-electron chi connectivity index (χ2n) is 3.81. The molecule has 2 aliphatic heterocycles. The molecule has 3 nitrogen and oxygen atoms in total. The Morgan fingerprint density at radius 2 is 2.47 bits per heavy atom. The van der Waals surface area contributed by atoms with Gasteiger partial charge < -0.3 is 10.2 Å². The first-order valence-corrected chi connectivity index (χ1v) is 6.21. The van der Waals surface area contributed by atoms with Crippen molar-refractivity contribution in [2.45, 2.75) is 25.6 Å². The van der Waals surface area contributed by atoms with Crippen molar-refractivity contribution in [3.8, 4) is 0 Å². The van der Waals surface area contributed by atoms with E-state index in [4.69, 9.17) is 12.2 Å². The Labute approximate surface area is 97.1 Å². The molecule has 0 aliphatic carbocycles. The molecule has 15 heavy (non-hydrogen) atoms. The van der Waals surface area contributed by atoms with Gasteiger partial charge in [0.05, 0.1) is 17.1 Å².